The molecule has 0 saturated heterocycles. The number of benzene rings is 1. The first-order chi connectivity index (χ1) is 12.0. The molecule has 0 saturated carbocycles. The molecule has 0 unspecified atom stereocenters. The molecule has 2 N–H and O–H groups in total. The van der Waals surface area contributed by atoms with Crippen LogP contribution in [0.3, 0.4) is 0 Å². The van der Waals surface area contributed by atoms with Crippen molar-refractivity contribution in [2.24, 2.45) is 0 Å². The summed E-state index contributed by atoms with van der Waals surface area (Å²) in [6.45, 7) is 5.54. The molecule has 6 heteroatoms. The lowest BCUT2D eigenvalue weighted by atomic mass is 10.2. The van der Waals surface area contributed by atoms with Gasteiger partial charge in [0.15, 0.2) is 5.11 Å². The first-order valence-electron chi connectivity index (χ1n) is 8.15. The van der Waals surface area contributed by atoms with Crippen LogP contribution in [-0.4, -0.2) is 16.2 Å². The molecule has 0 atom stereocenters. The monoisotopic (exact) mass is 355 g/mol. The van der Waals surface area contributed by atoms with Crippen molar-refractivity contribution in [1.82, 2.24) is 10.5 Å². The van der Waals surface area contributed by atoms with E-state index in [0.717, 1.165) is 30.5 Å². The Kier molecular flexibility index (Phi) is 6.72. The number of amides is 1. The average molecular weight is 355 g/mol. The summed E-state index contributed by atoms with van der Waals surface area (Å²) in [6, 6.07) is 7.58. The molecule has 0 fully saturated rings. The quantitative estimate of drug-likeness (QED) is 0.494. The first-order valence-corrected chi connectivity index (χ1v) is 8.56. The second-order valence-corrected chi connectivity index (χ2v) is 6.00. The number of nitrogens with one attached hydrogen (secondary N) is 2. The van der Waals surface area contributed by atoms with Crippen molar-refractivity contribution in [1.29, 1.82) is 0 Å². The van der Waals surface area contributed by atoms with E-state index < -0.39 is 0 Å². The molecule has 2 rings (SSSR count). The third-order valence-electron chi connectivity index (χ3n) is 3.52. The Morgan fingerprint density at radius 1 is 1.28 bits per heavy atom. The maximum atomic E-state index is 12.2. The second-order valence-electron chi connectivity index (χ2n) is 5.59. The van der Waals surface area contributed by atoms with Crippen molar-refractivity contribution < 1.29 is 9.32 Å². The number of carbonyl (C=O) groups excluding carboxylic acids is 1. The molecule has 5 nitrogen and oxygen atoms in total. The molecule has 1 aromatic heterocycles. The van der Waals surface area contributed by atoms with Crippen LogP contribution in [0.4, 0.5) is 5.69 Å². The van der Waals surface area contributed by atoms with Crippen LogP contribution < -0.4 is 10.6 Å². The predicted octanol–water partition coefficient (Wildman–Crippen LogP) is 3.96. The lowest BCUT2D eigenvalue weighted by molar-refractivity contribution is 0.0976. The SMILES string of the molecule is CCCCC#Cc1ccc(NC(=S)NC(=O)c2c(C)noc2C)cc1. The Morgan fingerprint density at radius 2 is 2.00 bits per heavy atom. The molecule has 2 aromatic rings. The molecule has 0 bridgehead atoms. The standard InChI is InChI=1S/C19H21N3O2S/c1-4-5-6-7-8-15-9-11-16(12-10-15)20-19(25)21-18(23)17-13(2)22-24-14(17)3/h9-12H,4-6H2,1-3H3,(H2,20,21,23,25). The van der Waals surface area contributed by atoms with Crippen LogP contribution in [0.1, 0.15) is 53.6 Å². The van der Waals surface area contributed by atoms with Gasteiger partial charge in [0.2, 0.25) is 0 Å². The molecule has 0 spiro atoms. The van der Waals surface area contributed by atoms with E-state index in [4.69, 9.17) is 16.7 Å². The van der Waals surface area contributed by atoms with Gasteiger partial charge in [0.1, 0.15) is 11.3 Å². The third kappa shape index (κ3) is 5.44. The number of carbonyl (C=O) groups is 1. The molecule has 0 aliphatic heterocycles. The van der Waals surface area contributed by atoms with E-state index in [1.54, 1.807) is 13.8 Å². The highest BCUT2D eigenvalue weighted by Crippen LogP contribution is 2.12. The van der Waals surface area contributed by atoms with Crippen LogP contribution in [0.25, 0.3) is 0 Å². The average Bonchev–Trinajstić information content (AvgIpc) is 2.91. The van der Waals surface area contributed by atoms with E-state index in [2.05, 4.69) is 34.6 Å². The zero-order chi connectivity index (χ0) is 18.2. The minimum absolute atomic E-state index is 0.215. The Bertz CT molecular complexity index is 794. The molecule has 0 radical (unpaired) electrons. The van der Waals surface area contributed by atoms with Crippen LogP contribution in [0.5, 0.6) is 0 Å². The Hall–Kier alpha value is -2.65. The lowest BCUT2D eigenvalue weighted by Crippen LogP contribution is -2.34. The van der Waals surface area contributed by atoms with Crippen molar-refractivity contribution >= 4 is 28.9 Å². The van der Waals surface area contributed by atoms with Gasteiger partial charge in [-0.15, -0.1) is 0 Å². The number of aryl methyl sites for hydroxylation is 2. The molecule has 0 aliphatic carbocycles. The molecule has 1 heterocycles. The maximum absolute atomic E-state index is 12.2. The highest BCUT2D eigenvalue weighted by atomic mass is 32.1. The van der Waals surface area contributed by atoms with Crippen LogP contribution in [-0.2, 0) is 0 Å². The van der Waals surface area contributed by atoms with Gasteiger partial charge in [0.25, 0.3) is 5.91 Å². The van der Waals surface area contributed by atoms with Gasteiger partial charge >= 0.3 is 0 Å². The van der Waals surface area contributed by atoms with Crippen LogP contribution in [0.15, 0.2) is 28.8 Å². The van der Waals surface area contributed by atoms with E-state index in [1.807, 2.05) is 24.3 Å². The summed E-state index contributed by atoms with van der Waals surface area (Å²) < 4.78 is 4.99. The number of anilines is 1. The Balaban J connectivity index is 1.92. The molecule has 130 valence electrons. The molecule has 1 amide bonds. The fourth-order valence-corrected chi connectivity index (χ4v) is 2.41. The largest absolute Gasteiger partial charge is 0.361 e. The van der Waals surface area contributed by atoms with Crippen LogP contribution >= 0.6 is 12.2 Å². The van der Waals surface area contributed by atoms with E-state index in [0.29, 0.717) is 17.0 Å². The van der Waals surface area contributed by atoms with Gasteiger partial charge in [-0.2, -0.15) is 0 Å². The number of aromatic nitrogens is 1. The lowest BCUT2D eigenvalue weighted by Gasteiger charge is -2.09. The van der Waals surface area contributed by atoms with E-state index in [-0.39, 0.29) is 11.0 Å². The smallest absolute Gasteiger partial charge is 0.262 e. The molecule has 1 aromatic carbocycles. The Morgan fingerprint density at radius 3 is 2.60 bits per heavy atom. The fraction of sp³-hybridized carbons (Fsp3) is 0.316. The topological polar surface area (TPSA) is 67.2 Å². The number of thiocarbonyl (C=S) groups is 1. The summed E-state index contributed by atoms with van der Waals surface area (Å²) in [6.07, 6.45) is 3.18. The Labute approximate surface area is 153 Å². The number of hydrogen-bond acceptors (Lipinski definition) is 4. The van der Waals surface area contributed by atoms with Crippen molar-refractivity contribution in [3.8, 4) is 11.8 Å². The van der Waals surface area contributed by atoms with Gasteiger partial charge in [0.05, 0.1) is 5.69 Å². The van der Waals surface area contributed by atoms with Gasteiger partial charge < -0.3 is 9.84 Å². The normalized spacial score (nSPS) is 9.88. The third-order valence-corrected chi connectivity index (χ3v) is 3.72. The summed E-state index contributed by atoms with van der Waals surface area (Å²) in [5.41, 5.74) is 2.67. The zero-order valence-corrected chi connectivity index (χ0v) is 15.4. The summed E-state index contributed by atoms with van der Waals surface area (Å²) in [5.74, 6) is 6.39. The van der Waals surface area contributed by atoms with E-state index in [1.165, 1.54) is 0 Å². The maximum Gasteiger partial charge on any atom is 0.262 e. The summed E-state index contributed by atoms with van der Waals surface area (Å²) in [4.78, 5) is 12.2. The molecule has 25 heavy (non-hydrogen) atoms. The highest BCUT2D eigenvalue weighted by molar-refractivity contribution is 7.80. The van der Waals surface area contributed by atoms with Crippen molar-refractivity contribution in [2.45, 2.75) is 40.0 Å². The van der Waals surface area contributed by atoms with Gasteiger partial charge in [-0.05, 0) is 56.8 Å². The van der Waals surface area contributed by atoms with E-state index in [9.17, 15) is 4.79 Å². The van der Waals surface area contributed by atoms with Gasteiger partial charge in [-0.1, -0.05) is 30.3 Å². The highest BCUT2D eigenvalue weighted by Gasteiger charge is 2.18. The number of unbranched alkanes of at least 4 members (excludes halogenated alkanes) is 2. The zero-order valence-electron chi connectivity index (χ0n) is 14.6. The van der Waals surface area contributed by atoms with Crippen molar-refractivity contribution in [3.05, 3.63) is 46.8 Å². The molecule has 0 aliphatic rings. The van der Waals surface area contributed by atoms with E-state index >= 15 is 0 Å². The molecular formula is C19H21N3O2S. The van der Waals surface area contributed by atoms with Gasteiger partial charge in [-0.25, -0.2) is 0 Å². The fourth-order valence-electron chi connectivity index (χ4n) is 2.20. The second kappa shape index (κ2) is 9.00. The summed E-state index contributed by atoms with van der Waals surface area (Å²) in [5, 5.41) is 9.58. The summed E-state index contributed by atoms with van der Waals surface area (Å²) in [7, 11) is 0. The van der Waals surface area contributed by atoms with Crippen LogP contribution in [0.2, 0.25) is 0 Å². The van der Waals surface area contributed by atoms with Gasteiger partial charge in [-0.3, -0.25) is 10.1 Å². The van der Waals surface area contributed by atoms with Crippen molar-refractivity contribution in [3.63, 3.8) is 0 Å². The minimum Gasteiger partial charge on any atom is -0.361 e. The van der Waals surface area contributed by atoms with Gasteiger partial charge in [0, 0.05) is 17.7 Å². The first kappa shape index (κ1) is 18.7. The summed E-state index contributed by atoms with van der Waals surface area (Å²) >= 11 is 5.18. The number of hydrogen-bond donors (Lipinski definition) is 2. The predicted molar refractivity (Wildman–Crippen MR) is 103 cm³/mol. The number of rotatable bonds is 4. The minimum atomic E-state index is -0.341. The number of nitrogens with zero attached hydrogens (tertiary/aromatic N) is 1. The molecular weight excluding hydrogens is 334 g/mol. The van der Waals surface area contributed by atoms with Crippen molar-refractivity contribution in [2.75, 3.05) is 5.32 Å². The van der Waals surface area contributed by atoms with Crippen LogP contribution in [0, 0.1) is 25.7 Å².